The molecule has 0 aliphatic heterocycles. The third-order valence-corrected chi connectivity index (χ3v) is 4.83. The molecule has 2 aromatic rings. The fraction of sp³-hybridized carbons (Fsp3) is 0.200. The van der Waals surface area contributed by atoms with Crippen LogP contribution in [0.4, 0.5) is 32.0 Å². The molecule has 0 heterocycles. The van der Waals surface area contributed by atoms with E-state index in [1.54, 1.807) is 5.43 Å². The van der Waals surface area contributed by atoms with Gasteiger partial charge < -0.3 is 5.43 Å². The van der Waals surface area contributed by atoms with Crippen LogP contribution in [0.1, 0.15) is 0 Å². The summed E-state index contributed by atoms with van der Waals surface area (Å²) in [6.45, 7) is 0. The molecule has 0 aromatic heterocycles. The predicted molar refractivity (Wildman–Crippen MR) is 84.8 cm³/mol. The summed E-state index contributed by atoms with van der Waals surface area (Å²) in [5, 5.41) is 0. The molecule has 0 saturated heterocycles. The molecule has 0 fully saturated rings. The smallest absolute Gasteiger partial charge is 0.319 e. The van der Waals surface area contributed by atoms with Crippen LogP contribution < -0.4 is 15.6 Å². The average Bonchev–Trinajstić information content (AvgIpc) is 2.58. The van der Waals surface area contributed by atoms with Gasteiger partial charge in [0.25, 0.3) is 5.66 Å². The van der Waals surface area contributed by atoms with Gasteiger partial charge in [0.1, 0.15) is 0 Å². The van der Waals surface area contributed by atoms with Crippen molar-refractivity contribution in [2.75, 3.05) is 5.43 Å². The van der Waals surface area contributed by atoms with E-state index in [2.05, 4.69) is 0 Å². The first-order chi connectivity index (χ1) is 12.4. The van der Waals surface area contributed by atoms with E-state index in [0.29, 0.717) is 0 Å². The maximum atomic E-state index is 13.5. The number of anilines is 1. The summed E-state index contributed by atoms with van der Waals surface area (Å²) < 4.78 is 106. The van der Waals surface area contributed by atoms with Crippen LogP contribution >= 0.6 is 0 Å². The van der Waals surface area contributed by atoms with Crippen molar-refractivity contribution < 1.29 is 34.8 Å². The highest BCUT2D eigenvalue weighted by molar-refractivity contribution is 7.89. The van der Waals surface area contributed by atoms with Crippen molar-refractivity contribution >= 4 is 15.7 Å². The van der Waals surface area contributed by atoms with Crippen LogP contribution in [0.3, 0.4) is 0 Å². The summed E-state index contributed by atoms with van der Waals surface area (Å²) in [6.07, 6.45) is -12.1. The monoisotopic (exact) mass is 413 g/mol. The molecule has 3 N–H and O–H groups in total. The van der Waals surface area contributed by atoms with Crippen LogP contribution in [0.5, 0.6) is 0 Å². The lowest BCUT2D eigenvalue weighted by Gasteiger charge is -2.38. The van der Waals surface area contributed by atoms with Gasteiger partial charge in [-0.2, -0.15) is 36.5 Å². The second-order valence-electron chi connectivity index (χ2n) is 5.28. The van der Waals surface area contributed by atoms with E-state index >= 15 is 0 Å². The lowest BCUT2D eigenvalue weighted by molar-refractivity contribution is -0.310. The molecule has 12 heteroatoms. The number of hydrogen-bond donors (Lipinski definition) is 3. The standard InChI is InChI=1S/C15H13F6N3O2S/c16-14(17,18)13(15(19,20)21,23-22-11-7-3-1-4-8-11)24-27(25,26)12-9-5-2-6-10-12/h1-10,22-24H. The molecular formula is C15H13F6N3O2S. The summed E-state index contributed by atoms with van der Waals surface area (Å²) in [5.74, 6) is 0. The molecular weight excluding hydrogens is 400 g/mol. The number of nitrogens with one attached hydrogen (secondary N) is 3. The average molecular weight is 413 g/mol. The summed E-state index contributed by atoms with van der Waals surface area (Å²) in [4.78, 5) is -0.760. The first-order valence-electron chi connectivity index (χ1n) is 7.20. The van der Waals surface area contributed by atoms with Crippen LogP contribution in [0.15, 0.2) is 65.6 Å². The zero-order chi connectivity index (χ0) is 20.3. The third kappa shape index (κ3) is 4.51. The van der Waals surface area contributed by atoms with E-state index in [-0.39, 0.29) is 5.69 Å². The van der Waals surface area contributed by atoms with E-state index in [1.165, 1.54) is 36.4 Å². The van der Waals surface area contributed by atoms with Crippen molar-refractivity contribution in [2.45, 2.75) is 22.9 Å². The summed E-state index contributed by atoms with van der Waals surface area (Å²) in [5.41, 5.74) is -2.30. The van der Waals surface area contributed by atoms with E-state index in [1.807, 2.05) is 0 Å². The largest absolute Gasteiger partial charge is 0.431 e. The fourth-order valence-corrected chi connectivity index (χ4v) is 3.31. The topological polar surface area (TPSA) is 70.2 Å². The van der Waals surface area contributed by atoms with E-state index in [4.69, 9.17) is 0 Å². The fourth-order valence-electron chi connectivity index (χ4n) is 1.99. The van der Waals surface area contributed by atoms with Crippen LogP contribution in [0, 0.1) is 0 Å². The number of hydrazine groups is 1. The lowest BCUT2D eigenvalue weighted by Crippen LogP contribution is -2.76. The zero-order valence-corrected chi connectivity index (χ0v) is 14.1. The van der Waals surface area contributed by atoms with Crippen molar-refractivity contribution in [1.29, 1.82) is 0 Å². The molecule has 0 bridgehead atoms. The SMILES string of the molecule is O=S(=O)(NC(NNc1ccccc1)(C(F)(F)F)C(F)(F)F)c1ccccc1. The molecule has 2 aromatic carbocycles. The second kappa shape index (κ2) is 7.37. The lowest BCUT2D eigenvalue weighted by atomic mass is 10.1. The Balaban J connectivity index is 2.48. The molecule has 0 aliphatic carbocycles. The Hall–Kier alpha value is -2.31. The Morgan fingerprint density at radius 3 is 1.59 bits per heavy atom. The molecule has 0 amide bonds. The van der Waals surface area contributed by atoms with E-state index in [0.717, 1.165) is 34.4 Å². The highest BCUT2D eigenvalue weighted by atomic mass is 32.2. The number of rotatable bonds is 6. The molecule has 0 aliphatic rings. The third-order valence-electron chi connectivity index (χ3n) is 3.36. The molecule has 0 atom stereocenters. The summed E-state index contributed by atoms with van der Waals surface area (Å²) in [7, 11) is -5.18. The number of alkyl halides is 6. The van der Waals surface area contributed by atoms with E-state index < -0.39 is 32.9 Å². The second-order valence-corrected chi connectivity index (χ2v) is 6.96. The minimum absolute atomic E-state index is 0.144. The Morgan fingerprint density at radius 1 is 0.704 bits per heavy atom. The minimum Gasteiger partial charge on any atom is -0.319 e. The Morgan fingerprint density at radius 2 is 1.15 bits per heavy atom. The number of benzene rings is 2. The van der Waals surface area contributed by atoms with Crippen LogP contribution in [0.25, 0.3) is 0 Å². The number of para-hydroxylation sites is 1. The number of hydrogen-bond acceptors (Lipinski definition) is 4. The molecule has 2 rings (SSSR count). The van der Waals surface area contributed by atoms with Gasteiger partial charge in [-0.3, -0.25) is 0 Å². The van der Waals surface area contributed by atoms with Gasteiger partial charge in [-0.1, -0.05) is 36.4 Å². The molecule has 0 unspecified atom stereocenters. The molecule has 27 heavy (non-hydrogen) atoms. The first-order valence-corrected chi connectivity index (χ1v) is 8.68. The van der Waals surface area contributed by atoms with Crippen molar-refractivity contribution in [2.24, 2.45) is 0 Å². The quantitative estimate of drug-likeness (QED) is 0.386. The van der Waals surface area contributed by atoms with Gasteiger partial charge >= 0.3 is 12.4 Å². The molecule has 0 saturated carbocycles. The van der Waals surface area contributed by atoms with Gasteiger partial charge in [0.15, 0.2) is 0 Å². The summed E-state index contributed by atoms with van der Waals surface area (Å²) in [6, 6.07) is 12.0. The van der Waals surface area contributed by atoms with Crippen LogP contribution in [-0.2, 0) is 10.0 Å². The molecule has 0 spiro atoms. The summed E-state index contributed by atoms with van der Waals surface area (Å²) >= 11 is 0. The highest BCUT2D eigenvalue weighted by Gasteiger charge is 2.73. The van der Waals surface area contributed by atoms with Gasteiger partial charge in [-0.15, -0.1) is 0 Å². The normalized spacial score (nSPS) is 13.4. The number of halogens is 6. The Labute approximate surface area is 150 Å². The van der Waals surface area contributed by atoms with Gasteiger partial charge in [0.2, 0.25) is 10.0 Å². The van der Waals surface area contributed by atoms with Gasteiger partial charge in [-0.25, -0.2) is 8.42 Å². The maximum absolute atomic E-state index is 13.5. The van der Waals surface area contributed by atoms with Crippen molar-refractivity contribution in [3.63, 3.8) is 0 Å². The Bertz CT molecular complexity index is 841. The van der Waals surface area contributed by atoms with Gasteiger partial charge in [0.05, 0.1) is 4.90 Å². The van der Waals surface area contributed by atoms with Crippen molar-refractivity contribution in [1.82, 2.24) is 10.1 Å². The number of sulfonamides is 1. The van der Waals surface area contributed by atoms with E-state index in [9.17, 15) is 34.8 Å². The molecule has 0 radical (unpaired) electrons. The van der Waals surface area contributed by atoms with Crippen LogP contribution in [-0.4, -0.2) is 26.4 Å². The molecule has 148 valence electrons. The van der Waals surface area contributed by atoms with Crippen molar-refractivity contribution in [3.05, 3.63) is 60.7 Å². The maximum Gasteiger partial charge on any atom is 0.431 e. The van der Waals surface area contributed by atoms with Gasteiger partial charge in [0, 0.05) is 5.69 Å². The molecule has 5 nitrogen and oxygen atoms in total. The minimum atomic E-state index is -6.07. The Kier molecular flexibility index (Phi) is 5.73. The predicted octanol–water partition coefficient (Wildman–Crippen LogP) is 3.40. The highest BCUT2D eigenvalue weighted by Crippen LogP contribution is 2.42. The van der Waals surface area contributed by atoms with Gasteiger partial charge in [-0.05, 0) is 24.3 Å². The first kappa shape index (κ1) is 21.0. The van der Waals surface area contributed by atoms with Crippen LogP contribution in [0.2, 0.25) is 0 Å². The zero-order valence-electron chi connectivity index (χ0n) is 13.3. The van der Waals surface area contributed by atoms with Crippen molar-refractivity contribution in [3.8, 4) is 0 Å².